The number of nitrogens with zero attached hydrogens (tertiary/aromatic N) is 1. The highest BCUT2D eigenvalue weighted by molar-refractivity contribution is 5.79. The van der Waals surface area contributed by atoms with Crippen LogP contribution in [0.2, 0.25) is 0 Å². The molecule has 70 valence electrons. The molecule has 0 bridgehead atoms. The minimum absolute atomic E-state index is 0.164. The zero-order valence-electron chi connectivity index (χ0n) is 7.67. The molecule has 0 saturated carbocycles. The van der Waals surface area contributed by atoms with Gasteiger partial charge in [-0.3, -0.25) is 10.3 Å². The number of nitrogens with two attached hydrogens (primary N) is 1. The molecule has 1 fully saturated rings. The summed E-state index contributed by atoms with van der Waals surface area (Å²) in [6.07, 6.45) is 0.483. The Balaban J connectivity index is 2.62. The molecule has 4 nitrogen and oxygen atoms in total. The van der Waals surface area contributed by atoms with Crippen LogP contribution in [0.25, 0.3) is 0 Å². The summed E-state index contributed by atoms with van der Waals surface area (Å²) in [6.45, 7) is 5.25. The van der Waals surface area contributed by atoms with Gasteiger partial charge in [-0.2, -0.15) is 0 Å². The van der Waals surface area contributed by atoms with Crippen LogP contribution in [0.15, 0.2) is 0 Å². The zero-order chi connectivity index (χ0) is 9.35. The smallest absolute Gasteiger partial charge is 0.105 e. The van der Waals surface area contributed by atoms with E-state index in [1.807, 2.05) is 18.7 Å². The largest absolute Gasteiger partial charge is 0.391 e. The third-order valence-corrected chi connectivity index (χ3v) is 2.66. The maximum atomic E-state index is 9.59. The van der Waals surface area contributed by atoms with Crippen LogP contribution >= 0.6 is 0 Å². The summed E-state index contributed by atoms with van der Waals surface area (Å²) in [5.41, 5.74) is 5.07. The van der Waals surface area contributed by atoms with Gasteiger partial charge in [-0.15, -0.1) is 0 Å². The summed E-state index contributed by atoms with van der Waals surface area (Å²) in [4.78, 5) is 2.04. The van der Waals surface area contributed by atoms with Crippen LogP contribution < -0.4 is 5.73 Å². The Labute approximate surface area is 72.9 Å². The van der Waals surface area contributed by atoms with Crippen molar-refractivity contribution in [3.8, 4) is 0 Å². The molecule has 12 heavy (non-hydrogen) atoms. The first-order valence-corrected chi connectivity index (χ1v) is 4.20. The monoisotopic (exact) mass is 171 g/mol. The molecule has 0 spiro atoms. The lowest BCUT2D eigenvalue weighted by Crippen LogP contribution is -2.48. The molecule has 1 unspecified atom stereocenters. The van der Waals surface area contributed by atoms with Crippen molar-refractivity contribution in [2.75, 3.05) is 13.1 Å². The van der Waals surface area contributed by atoms with E-state index >= 15 is 0 Å². The second kappa shape index (κ2) is 3.03. The van der Waals surface area contributed by atoms with Crippen LogP contribution in [0.3, 0.4) is 0 Å². The topological polar surface area (TPSA) is 73.3 Å². The first-order valence-electron chi connectivity index (χ1n) is 4.20. The first kappa shape index (κ1) is 9.48. The maximum absolute atomic E-state index is 9.59. The third-order valence-electron chi connectivity index (χ3n) is 2.66. The average Bonchev–Trinajstić information content (AvgIpc) is 2.15. The number of aliphatic hydroxyl groups is 1. The summed E-state index contributed by atoms with van der Waals surface area (Å²) in [5.74, 6) is 0.164. The van der Waals surface area contributed by atoms with E-state index in [-0.39, 0.29) is 17.5 Å². The first-order chi connectivity index (χ1) is 5.44. The Bertz CT molecular complexity index is 191. The fourth-order valence-corrected chi connectivity index (χ4v) is 1.62. The highest BCUT2D eigenvalue weighted by Crippen LogP contribution is 2.27. The summed E-state index contributed by atoms with van der Waals surface area (Å²) < 4.78 is 0. The fourth-order valence-electron chi connectivity index (χ4n) is 1.62. The van der Waals surface area contributed by atoms with Crippen molar-refractivity contribution in [1.29, 1.82) is 5.41 Å². The number of hydrogen-bond donors (Lipinski definition) is 3. The molecular weight excluding hydrogens is 154 g/mol. The van der Waals surface area contributed by atoms with Crippen LogP contribution in [0.4, 0.5) is 0 Å². The van der Waals surface area contributed by atoms with Gasteiger partial charge in [-0.05, 0) is 20.3 Å². The predicted octanol–water partition coefficient (Wildman–Crippen LogP) is -0.232. The van der Waals surface area contributed by atoms with Gasteiger partial charge < -0.3 is 10.8 Å². The van der Waals surface area contributed by atoms with Gasteiger partial charge in [0.05, 0.1) is 12.6 Å². The van der Waals surface area contributed by atoms with Gasteiger partial charge in [0.15, 0.2) is 0 Å². The molecule has 1 heterocycles. The lowest BCUT2D eigenvalue weighted by Gasteiger charge is -2.33. The molecule has 1 aliphatic heterocycles. The van der Waals surface area contributed by atoms with Gasteiger partial charge in [0.25, 0.3) is 0 Å². The zero-order valence-corrected chi connectivity index (χ0v) is 7.67. The van der Waals surface area contributed by atoms with Gasteiger partial charge in [0.1, 0.15) is 5.84 Å². The standard InChI is InChI=1S/C8H17N3O/c1-8(2)6(12)3-4-11(8)5-7(9)10/h6,12H,3-5H2,1-2H3,(H3,9,10). The minimum atomic E-state index is -0.295. The van der Waals surface area contributed by atoms with Gasteiger partial charge >= 0.3 is 0 Å². The number of aliphatic hydroxyl groups excluding tert-OH is 1. The summed E-state index contributed by atoms with van der Waals surface area (Å²) >= 11 is 0. The molecule has 1 aliphatic rings. The number of hydrogen-bond acceptors (Lipinski definition) is 3. The van der Waals surface area contributed by atoms with Crippen molar-refractivity contribution in [2.24, 2.45) is 5.73 Å². The van der Waals surface area contributed by atoms with Crippen molar-refractivity contribution in [1.82, 2.24) is 4.90 Å². The van der Waals surface area contributed by atoms with Crippen molar-refractivity contribution in [3.05, 3.63) is 0 Å². The van der Waals surface area contributed by atoms with E-state index in [1.54, 1.807) is 0 Å². The van der Waals surface area contributed by atoms with E-state index in [9.17, 15) is 5.11 Å². The Morgan fingerprint density at radius 3 is 2.67 bits per heavy atom. The molecule has 1 saturated heterocycles. The van der Waals surface area contributed by atoms with Crippen molar-refractivity contribution in [3.63, 3.8) is 0 Å². The van der Waals surface area contributed by atoms with Crippen LogP contribution in [-0.2, 0) is 0 Å². The molecule has 0 aromatic heterocycles. The molecule has 0 radical (unpaired) electrons. The lowest BCUT2D eigenvalue weighted by molar-refractivity contribution is 0.0626. The summed E-state index contributed by atoms with van der Waals surface area (Å²) in [5, 5.41) is 16.7. The maximum Gasteiger partial charge on any atom is 0.105 e. The average molecular weight is 171 g/mol. The van der Waals surface area contributed by atoms with Crippen LogP contribution in [0, 0.1) is 5.41 Å². The van der Waals surface area contributed by atoms with Crippen LogP contribution in [0.1, 0.15) is 20.3 Å². The molecular formula is C8H17N3O. The van der Waals surface area contributed by atoms with E-state index in [0.717, 1.165) is 13.0 Å². The van der Waals surface area contributed by atoms with E-state index in [1.165, 1.54) is 0 Å². The Morgan fingerprint density at radius 2 is 2.33 bits per heavy atom. The molecule has 4 heteroatoms. The number of likely N-dealkylation sites (tertiary alicyclic amines) is 1. The van der Waals surface area contributed by atoms with Crippen LogP contribution in [0.5, 0.6) is 0 Å². The predicted molar refractivity (Wildman–Crippen MR) is 48.2 cm³/mol. The lowest BCUT2D eigenvalue weighted by atomic mass is 9.99. The van der Waals surface area contributed by atoms with Crippen LogP contribution in [-0.4, -0.2) is 40.6 Å². The van der Waals surface area contributed by atoms with Gasteiger partial charge in [0.2, 0.25) is 0 Å². The Kier molecular flexibility index (Phi) is 2.39. The molecule has 4 N–H and O–H groups in total. The van der Waals surface area contributed by atoms with E-state index in [4.69, 9.17) is 11.1 Å². The third kappa shape index (κ3) is 1.59. The number of rotatable bonds is 2. The highest BCUT2D eigenvalue weighted by atomic mass is 16.3. The quantitative estimate of drug-likeness (QED) is 0.397. The SMILES string of the molecule is CC1(C)C(O)CCN1CC(=N)N. The molecule has 0 aliphatic carbocycles. The number of nitrogens with one attached hydrogen (secondary N) is 1. The highest BCUT2D eigenvalue weighted by Gasteiger charge is 2.39. The second-order valence-corrected chi connectivity index (χ2v) is 3.90. The molecule has 0 aromatic carbocycles. The van der Waals surface area contributed by atoms with Crippen molar-refractivity contribution < 1.29 is 5.11 Å². The van der Waals surface area contributed by atoms with Gasteiger partial charge in [0, 0.05) is 12.1 Å². The van der Waals surface area contributed by atoms with Crippen molar-refractivity contribution in [2.45, 2.75) is 31.9 Å². The summed E-state index contributed by atoms with van der Waals surface area (Å²) in [7, 11) is 0. The van der Waals surface area contributed by atoms with E-state index in [2.05, 4.69) is 0 Å². The Morgan fingerprint density at radius 1 is 1.75 bits per heavy atom. The molecule has 0 aromatic rings. The molecule has 1 atom stereocenters. The molecule has 1 rings (SSSR count). The number of amidine groups is 1. The van der Waals surface area contributed by atoms with Gasteiger partial charge in [-0.1, -0.05) is 0 Å². The molecule has 0 amide bonds. The fraction of sp³-hybridized carbons (Fsp3) is 0.875. The van der Waals surface area contributed by atoms with Crippen molar-refractivity contribution >= 4 is 5.84 Å². The van der Waals surface area contributed by atoms with Gasteiger partial charge in [-0.25, -0.2) is 0 Å². The second-order valence-electron chi connectivity index (χ2n) is 3.90. The van der Waals surface area contributed by atoms with E-state index < -0.39 is 0 Å². The normalized spacial score (nSPS) is 29.1. The van der Waals surface area contributed by atoms with E-state index in [0.29, 0.717) is 6.54 Å². The Hall–Kier alpha value is -0.610. The summed E-state index contributed by atoms with van der Waals surface area (Å²) in [6, 6.07) is 0. The minimum Gasteiger partial charge on any atom is -0.391 e.